The minimum Gasteiger partial charge on any atom is -0.367 e. The SMILES string of the molecule is O=C(c1cc2cc(F)ccc2[nH]1)N1CCN(c2ccccc2Cl)CC1. The number of halogens is 2. The molecule has 6 heteroatoms. The first-order chi connectivity index (χ1) is 12.1. The van der Waals surface area contributed by atoms with E-state index in [1.807, 2.05) is 29.2 Å². The monoisotopic (exact) mass is 357 g/mol. The van der Waals surface area contributed by atoms with E-state index in [0.717, 1.165) is 29.3 Å². The summed E-state index contributed by atoms with van der Waals surface area (Å²) in [7, 11) is 0. The molecule has 0 radical (unpaired) electrons. The summed E-state index contributed by atoms with van der Waals surface area (Å²) in [6.07, 6.45) is 0. The first-order valence-corrected chi connectivity index (χ1v) is 8.56. The molecule has 1 N–H and O–H groups in total. The zero-order valence-electron chi connectivity index (χ0n) is 13.5. The van der Waals surface area contributed by atoms with Gasteiger partial charge in [0, 0.05) is 37.1 Å². The molecule has 3 aromatic rings. The van der Waals surface area contributed by atoms with E-state index in [1.165, 1.54) is 12.1 Å². The lowest BCUT2D eigenvalue weighted by Gasteiger charge is -2.36. The number of nitrogens with zero attached hydrogens (tertiary/aromatic N) is 2. The second-order valence-electron chi connectivity index (χ2n) is 6.15. The van der Waals surface area contributed by atoms with Crippen molar-refractivity contribution < 1.29 is 9.18 Å². The summed E-state index contributed by atoms with van der Waals surface area (Å²) in [4.78, 5) is 19.8. The van der Waals surface area contributed by atoms with Gasteiger partial charge in [-0.2, -0.15) is 0 Å². The van der Waals surface area contributed by atoms with Crippen molar-refractivity contribution in [3.8, 4) is 0 Å². The summed E-state index contributed by atoms with van der Waals surface area (Å²) in [5, 5.41) is 1.43. The number of piperazine rings is 1. The minimum atomic E-state index is -0.307. The van der Waals surface area contributed by atoms with E-state index in [9.17, 15) is 9.18 Å². The minimum absolute atomic E-state index is 0.0598. The smallest absolute Gasteiger partial charge is 0.270 e. The molecule has 0 aliphatic carbocycles. The number of para-hydroxylation sites is 1. The number of anilines is 1. The predicted molar refractivity (Wildman–Crippen MR) is 97.8 cm³/mol. The zero-order valence-corrected chi connectivity index (χ0v) is 14.3. The Bertz CT molecular complexity index is 931. The third-order valence-electron chi connectivity index (χ3n) is 4.57. The van der Waals surface area contributed by atoms with Gasteiger partial charge in [-0.1, -0.05) is 23.7 Å². The van der Waals surface area contributed by atoms with Crippen LogP contribution in [0.5, 0.6) is 0 Å². The van der Waals surface area contributed by atoms with Crippen LogP contribution < -0.4 is 4.90 Å². The van der Waals surface area contributed by atoms with Crippen LogP contribution in [0.3, 0.4) is 0 Å². The van der Waals surface area contributed by atoms with Gasteiger partial charge in [-0.05, 0) is 36.4 Å². The van der Waals surface area contributed by atoms with Crippen LogP contribution in [0.25, 0.3) is 10.9 Å². The molecular weight excluding hydrogens is 341 g/mol. The molecule has 128 valence electrons. The van der Waals surface area contributed by atoms with E-state index in [4.69, 9.17) is 11.6 Å². The van der Waals surface area contributed by atoms with Gasteiger partial charge in [-0.15, -0.1) is 0 Å². The lowest BCUT2D eigenvalue weighted by molar-refractivity contribution is 0.0742. The number of amides is 1. The van der Waals surface area contributed by atoms with Gasteiger partial charge in [-0.25, -0.2) is 4.39 Å². The van der Waals surface area contributed by atoms with E-state index in [2.05, 4.69) is 9.88 Å². The molecule has 1 amide bonds. The van der Waals surface area contributed by atoms with Crippen molar-refractivity contribution in [2.75, 3.05) is 31.1 Å². The quantitative estimate of drug-likeness (QED) is 0.755. The molecule has 1 fully saturated rings. The molecule has 4 nitrogen and oxygen atoms in total. The molecule has 0 spiro atoms. The van der Waals surface area contributed by atoms with Crippen molar-refractivity contribution in [1.29, 1.82) is 0 Å². The first-order valence-electron chi connectivity index (χ1n) is 8.19. The second kappa shape index (κ2) is 6.41. The number of aromatic amines is 1. The van der Waals surface area contributed by atoms with Gasteiger partial charge in [0.25, 0.3) is 5.91 Å². The Morgan fingerprint density at radius 2 is 1.80 bits per heavy atom. The largest absolute Gasteiger partial charge is 0.367 e. The van der Waals surface area contributed by atoms with Gasteiger partial charge in [0.05, 0.1) is 10.7 Å². The number of hydrogen-bond donors (Lipinski definition) is 1. The molecule has 1 aliphatic rings. The van der Waals surface area contributed by atoms with Crippen molar-refractivity contribution in [2.24, 2.45) is 0 Å². The van der Waals surface area contributed by atoms with Crippen LogP contribution >= 0.6 is 11.6 Å². The average molecular weight is 358 g/mol. The van der Waals surface area contributed by atoms with Gasteiger partial charge in [-0.3, -0.25) is 4.79 Å². The maximum atomic E-state index is 13.3. The summed E-state index contributed by atoms with van der Waals surface area (Å²) in [5.74, 6) is -0.366. The van der Waals surface area contributed by atoms with Crippen molar-refractivity contribution in [2.45, 2.75) is 0 Å². The van der Waals surface area contributed by atoms with Crippen molar-refractivity contribution in [3.05, 3.63) is 65.1 Å². The molecule has 0 atom stereocenters. The second-order valence-corrected chi connectivity index (χ2v) is 6.55. The number of rotatable bonds is 2. The fourth-order valence-corrected chi connectivity index (χ4v) is 3.50. The number of H-pyrrole nitrogens is 1. The molecule has 4 rings (SSSR count). The van der Waals surface area contributed by atoms with E-state index in [1.54, 1.807) is 12.1 Å². The molecule has 2 aromatic carbocycles. The van der Waals surface area contributed by atoms with Crippen LogP contribution in [0.2, 0.25) is 5.02 Å². The van der Waals surface area contributed by atoms with Crippen LogP contribution in [-0.4, -0.2) is 42.0 Å². The molecule has 1 saturated heterocycles. The molecular formula is C19H17ClFN3O. The normalized spacial score (nSPS) is 15.0. The highest BCUT2D eigenvalue weighted by atomic mass is 35.5. The highest BCUT2D eigenvalue weighted by Crippen LogP contribution is 2.26. The Morgan fingerprint density at radius 1 is 1.04 bits per heavy atom. The third kappa shape index (κ3) is 3.07. The number of hydrogen-bond acceptors (Lipinski definition) is 2. The van der Waals surface area contributed by atoms with Crippen molar-refractivity contribution in [1.82, 2.24) is 9.88 Å². The summed E-state index contributed by atoms with van der Waals surface area (Å²) < 4.78 is 13.3. The number of carbonyl (C=O) groups excluding carboxylic acids is 1. The fraction of sp³-hybridized carbons (Fsp3) is 0.211. The lowest BCUT2D eigenvalue weighted by atomic mass is 10.2. The van der Waals surface area contributed by atoms with Gasteiger partial charge in [0.2, 0.25) is 0 Å². The van der Waals surface area contributed by atoms with Crippen LogP contribution in [0.1, 0.15) is 10.5 Å². The predicted octanol–water partition coefficient (Wildman–Crippen LogP) is 3.92. The number of benzene rings is 2. The Labute approximate surface area is 149 Å². The summed E-state index contributed by atoms with van der Waals surface area (Å²) in [6.45, 7) is 2.69. The van der Waals surface area contributed by atoms with Crippen LogP contribution in [0, 0.1) is 5.82 Å². The first kappa shape index (κ1) is 16.0. The molecule has 0 bridgehead atoms. The molecule has 1 aliphatic heterocycles. The Morgan fingerprint density at radius 3 is 2.56 bits per heavy atom. The van der Waals surface area contributed by atoms with Gasteiger partial charge < -0.3 is 14.8 Å². The average Bonchev–Trinajstić information content (AvgIpc) is 3.05. The van der Waals surface area contributed by atoms with Crippen LogP contribution in [-0.2, 0) is 0 Å². The van der Waals surface area contributed by atoms with Gasteiger partial charge >= 0.3 is 0 Å². The third-order valence-corrected chi connectivity index (χ3v) is 4.89. The molecule has 0 saturated carbocycles. The standard InChI is InChI=1S/C19H17ClFN3O/c20-15-3-1-2-4-18(15)23-7-9-24(10-8-23)19(25)17-12-13-11-14(21)5-6-16(13)22-17/h1-6,11-12,22H,7-10H2. The van der Waals surface area contributed by atoms with Crippen molar-refractivity contribution >= 4 is 34.1 Å². The zero-order chi connectivity index (χ0) is 17.4. The lowest BCUT2D eigenvalue weighted by Crippen LogP contribution is -2.49. The Hall–Kier alpha value is -2.53. The molecule has 25 heavy (non-hydrogen) atoms. The summed E-state index contributed by atoms with van der Waals surface area (Å²) in [5.41, 5.74) is 2.25. The summed E-state index contributed by atoms with van der Waals surface area (Å²) >= 11 is 6.25. The van der Waals surface area contributed by atoms with Crippen molar-refractivity contribution in [3.63, 3.8) is 0 Å². The number of nitrogens with one attached hydrogen (secondary N) is 1. The topological polar surface area (TPSA) is 39.3 Å². The van der Waals surface area contributed by atoms with Crippen LogP contribution in [0.4, 0.5) is 10.1 Å². The maximum absolute atomic E-state index is 13.3. The highest BCUT2D eigenvalue weighted by molar-refractivity contribution is 6.33. The van der Waals surface area contributed by atoms with E-state index < -0.39 is 0 Å². The van der Waals surface area contributed by atoms with E-state index in [0.29, 0.717) is 24.2 Å². The molecule has 2 heterocycles. The molecule has 0 unspecified atom stereocenters. The van der Waals surface area contributed by atoms with E-state index in [-0.39, 0.29) is 11.7 Å². The fourth-order valence-electron chi connectivity index (χ4n) is 3.25. The number of carbonyl (C=O) groups is 1. The van der Waals surface area contributed by atoms with Gasteiger partial charge in [0.1, 0.15) is 11.5 Å². The number of fused-ring (bicyclic) bond motifs is 1. The molecule has 1 aromatic heterocycles. The van der Waals surface area contributed by atoms with Gasteiger partial charge in [0.15, 0.2) is 0 Å². The van der Waals surface area contributed by atoms with Crippen LogP contribution in [0.15, 0.2) is 48.5 Å². The summed E-state index contributed by atoms with van der Waals surface area (Å²) in [6, 6.07) is 13.9. The Balaban J connectivity index is 1.48. The Kier molecular flexibility index (Phi) is 4.09. The number of aromatic nitrogens is 1. The maximum Gasteiger partial charge on any atom is 0.270 e. The highest BCUT2D eigenvalue weighted by Gasteiger charge is 2.24. The van der Waals surface area contributed by atoms with E-state index >= 15 is 0 Å².